The molecule has 0 unspecified atom stereocenters. The maximum atomic E-state index is 12.8. The van der Waals surface area contributed by atoms with Crippen LogP contribution in [-0.4, -0.2) is 46.3 Å². The Kier molecular flexibility index (Phi) is 5.52. The molecule has 3 rings (SSSR count). The molecule has 1 atom stereocenters. The van der Waals surface area contributed by atoms with Gasteiger partial charge in [0.05, 0.1) is 31.2 Å². The molecular formula is C20H22N2O6S. The highest BCUT2D eigenvalue weighted by atomic mass is 32.2. The van der Waals surface area contributed by atoms with Crippen molar-refractivity contribution in [3.63, 3.8) is 0 Å². The van der Waals surface area contributed by atoms with Crippen molar-refractivity contribution in [2.24, 2.45) is 0 Å². The van der Waals surface area contributed by atoms with Gasteiger partial charge < -0.3 is 14.8 Å². The summed E-state index contributed by atoms with van der Waals surface area (Å²) >= 11 is 0. The number of carbonyl (C=O) groups excluding carboxylic acids is 2. The molecule has 0 bridgehead atoms. The number of nitrogens with one attached hydrogen (secondary N) is 1. The van der Waals surface area contributed by atoms with Gasteiger partial charge >= 0.3 is 5.97 Å². The molecule has 0 radical (unpaired) electrons. The van der Waals surface area contributed by atoms with E-state index in [1.54, 1.807) is 43.3 Å². The lowest BCUT2D eigenvalue weighted by Crippen LogP contribution is -2.48. The summed E-state index contributed by atoms with van der Waals surface area (Å²) in [7, 11) is -2.33. The summed E-state index contributed by atoms with van der Waals surface area (Å²) < 4.78 is 36.2. The Morgan fingerprint density at radius 3 is 2.59 bits per heavy atom. The van der Waals surface area contributed by atoms with Gasteiger partial charge in [-0.2, -0.15) is 0 Å². The first kappa shape index (κ1) is 20.7. The third kappa shape index (κ3) is 4.19. The van der Waals surface area contributed by atoms with Crippen LogP contribution in [0.3, 0.4) is 0 Å². The fourth-order valence-corrected chi connectivity index (χ4v) is 4.03. The molecule has 0 saturated carbocycles. The highest BCUT2D eigenvalue weighted by Gasteiger charge is 2.35. The summed E-state index contributed by atoms with van der Waals surface area (Å²) in [6.07, 6.45) is 0.0322. The lowest BCUT2D eigenvalue weighted by Gasteiger charge is -2.34. The van der Waals surface area contributed by atoms with Crippen molar-refractivity contribution in [3.8, 4) is 5.75 Å². The Hall–Kier alpha value is -3.07. The van der Waals surface area contributed by atoms with Crippen LogP contribution < -0.4 is 14.4 Å². The number of hydrogen-bond donors (Lipinski definition) is 1. The topological polar surface area (TPSA) is 102 Å². The van der Waals surface area contributed by atoms with Gasteiger partial charge in [0.1, 0.15) is 5.75 Å². The van der Waals surface area contributed by atoms with E-state index < -0.39 is 28.0 Å². The minimum Gasteiger partial charge on any atom is -0.476 e. The Morgan fingerprint density at radius 2 is 1.93 bits per heavy atom. The molecule has 2 aromatic rings. The molecule has 1 heterocycles. The lowest BCUT2D eigenvalue weighted by atomic mass is 10.1. The van der Waals surface area contributed by atoms with Crippen LogP contribution in [0.4, 0.5) is 11.4 Å². The largest absolute Gasteiger partial charge is 0.476 e. The van der Waals surface area contributed by atoms with Gasteiger partial charge in [-0.1, -0.05) is 12.1 Å². The molecule has 9 heteroatoms. The molecule has 0 aromatic heterocycles. The van der Waals surface area contributed by atoms with E-state index in [1.165, 1.54) is 11.4 Å². The smallest absolute Gasteiger partial charge is 0.338 e. The molecule has 2 aromatic carbocycles. The van der Waals surface area contributed by atoms with Gasteiger partial charge in [-0.25, -0.2) is 13.2 Å². The summed E-state index contributed by atoms with van der Waals surface area (Å²) in [6.45, 7) is 3.37. The van der Waals surface area contributed by atoms with Gasteiger partial charge in [-0.3, -0.25) is 9.10 Å². The Bertz CT molecular complexity index is 1080. The van der Waals surface area contributed by atoms with Gasteiger partial charge in [-0.15, -0.1) is 0 Å². The summed E-state index contributed by atoms with van der Waals surface area (Å²) in [6, 6.07) is 9.99. The van der Waals surface area contributed by atoms with Crippen LogP contribution in [0.2, 0.25) is 0 Å². The van der Waals surface area contributed by atoms with Crippen LogP contribution in [0.5, 0.6) is 5.75 Å². The van der Waals surface area contributed by atoms with E-state index in [0.29, 0.717) is 28.3 Å². The van der Waals surface area contributed by atoms with Crippen molar-refractivity contribution < 1.29 is 27.5 Å². The molecule has 29 heavy (non-hydrogen) atoms. The minimum atomic E-state index is -3.61. The van der Waals surface area contributed by atoms with Gasteiger partial charge in [0, 0.05) is 5.69 Å². The number of amides is 1. The number of carbonyl (C=O) groups is 2. The van der Waals surface area contributed by atoms with E-state index in [0.717, 1.165) is 11.8 Å². The molecule has 1 amide bonds. The fourth-order valence-electron chi connectivity index (χ4n) is 3.13. The number of rotatable bonds is 4. The van der Waals surface area contributed by atoms with Crippen LogP contribution in [-0.2, 0) is 19.6 Å². The number of anilines is 2. The van der Waals surface area contributed by atoms with Crippen molar-refractivity contribution in [1.29, 1.82) is 0 Å². The third-order valence-corrected chi connectivity index (χ3v) is 5.82. The van der Waals surface area contributed by atoms with E-state index in [9.17, 15) is 18.0 Å². The van der Waals surface area contributed by atoms with Crippen LogP contribution in [0, 0.1) is 13.8 Å². The fraction of sp³-hybridized carbons (Fsp3) is 0.300. The van der Waals surface area contributed by atoms with E-state index in [-0.39, 0.29) is 6.54 Å². The summed E-state index contributed by atoms with van der Waals surface area (Å²) in [5, 5.41) is 2.72. The van der Waals surface area contributed by atoms with Crippen molar-refractivity contribution in [2.75, 3.05) is 29.5 Å². The molecule has 1 aliphatic rings. The van der Waals surface area contributed by atoms with Crippen LogP contribution >= 0.6 is 0 Å². The number of hydrogen-bond acceptors (Lipinski definition) is 6. The predicted molar refractivity (Wildman–Crippen MR) is 109 cm³/mol. The van der Waals surface area contributed by atoms with E-state index in [1.807, 2.05) is 6.92 Å². The first-order valence-corrected chi connectivity index (χ1v) is 10.7. The summed E-state index contributed by atoms with van der Waals surface area (Å²) in [4.78, 5) is 24.7. The van der Waals surface area contributed by atoms with Crippen molar-refractivity contribution in [2.45, 2.75) is 20.0 Å². The van der Waals surface area contributed by atoms with E-state index in [2.05, 4.69) is 5.32 Å². The van der Waals surface area contributed by atoms with Crippen molar-refractivity contribution >= 4 is 33.3 Å². The number of fused-ring (bicyclic) bond motifs is 1. The highest BCUT2D eigenvalue weighted by Crippen LogP contribution is 2.36. The maximum Gasteiger partial charge on any atom is 0.338 e. The average molecular weight is 418 g/mol. The van der Waals surface area contributed by atoms with Crippen molar-refractivity contribution in [3.05, 3.63) is 53.1 Å². The normalized spacial score (nSPS) is 15.9. The van der Waals surface area contributed by atoms with E-state index >= 15 is 0 Å². The van der Waals surface area contributed by atoms with Crippen LogP contribution in [0.1, 0.15) is 21.5 Å². The number of sulfonamides is 1. The number of aryl methyl sites for hydroxylation is 1. The molecule has 0 fully saturated rings. The molecule has 1 aliphatic heterocycles. The SMILES string of the molecule is COC(=O)c1cccc(NC(=O)[C@H]2CN(S(C)(=O)=O)c3cc(C)ccc3O2)c1C. The predicted octanol–water partition coefficient (Wildman–Crippen LogP) is 2.26. The second-order valence-corrected chi connectivity index (χ2v) is 8.74. The second kappa shape index (κ2) is 7.75. The Balaban J connectivity index is 1.89. The minimum absolute atomic E-state index is 0.156. The number of methoxy groups -OCH3 is 1. The zero-order valence-corrected chi connectivity index (χ0v) is 17.4. The van der Waals surface area contributed by atoms with Gasteiger partial charge in [0.15, 0.2) is 6.10 Å². The third-order valence-electron chi connectivity index (χ3n) is 4.67. The zero-order valence-electron chi connectivity index (χ0n) is 16.6. The second-order valence-electron chi connectivity index (χ2n) is 6.83. The molecule has 1 N–H and O–H groups in total. The molecule has 0 saturated heterocycles. The number of benzene rings is 2. The molecule has 154 valence electrons. The van der Waals surface area contributed by atoms with E-state index in [4.69, 9.17) is 9.47 Å². The number of ether oxygens (including phenoxy) is 2. The monoisotopic (exact) mass is 418 g/mol. The maximum absolute atomic E-state index is 12.8. The summed E-state index contributed by atoms with van der Waals surface area (Å²) in [5.74, 6) is -0.720. The molecule has 8 nitrogen and oxygen atoms in total. The molecular weight excluding hydrogens is 396 g/mol. The average Bonchev–Trinajstić information content (AvgIpc) is 2.67. The summed E-state index contributed by atoms with van der Waals surface area (Å²) in [5.41, 5.74) is 2.56. The number of esters is 1. The zero-order chi connectivity index (χ0) is 21.3. The van der Waals surface area contributed by atoms with Gasteiger partial charge in [0.2, 0.25) is 10.0 Å². The first-order chi connectivity index (χ1) is 13.6. The highest BCUT2D eigenvalue weighted by molar-refractivity contribution is 7.92. The molecule has 0 aliphatic carbocycles. The first-order valence-electron chi connectivity index (χ1n) is 8.85. The van der Waals surface area contributed by atoms with Gasteiger partial charge in [-0.05, 0) is 49.2 Å². The number of nitrogens with zero attached hydrogens (tertiary/aromatic N) is 1. The van der Waals surface area contributed by atoms with Crippen molar-refractivity contribution in [1.82, 2.24) is 0 Å². The Morgan fingerprint density at radius 1 is 1.21 bits per heavy atom. The van der Waals surface area contributed by atoms with Crippen LogP contribution in [0.15, 0.2) is 36.4 Å². The lowest BCUT2D eigenvalue weighted by molar-refractivity contribution is -0.122. The van der Waals surface area contributed by atoms with Gasteiger partial charge in [0.25, 0.3) is 5.91 Å². The Labute approximate surface area is 169 Å². The standard InChI is InChI=1S/C20H22N2O6S/c1-12-8-9-17-16(10-12)22(29(4,25)26)11-18(28-17)19(23)21-15-7-5-6-14(13(15)2)20(24)27-3/h5-10,18H,11H2,1-4H3,(H,21,23)/t18-/m1/s1. The van der Waals surface area contributed by atoms with Crippen LogP contribution in [0.25, 0.3) is 0 Å². The molecule has 0 spiro atoms. The quantitative estimate of drug-likeness (QED) is 0.764.